The SMILES string of the molecule is CC1(C)c2ccccc2-c2ccc(N(c3ccc(-c4ccc(-c5cccc(-c6ccc(N(c7ccc(-c8ccccc8)cc7)c7ccc(-c8ccc(N(c9ccccc9)c9ccc(-c%10ccc(-c%11ccccc%11)cc%10)cc9)cc8)cc7)cc6)c5)cc4)cc3)c3ccc(-c4ccc5c(c4)c4ccccc4n5-c4ccccc4)cc3)cc21. The largest absolute Gasteiger partial charge is 0.311 e. The molecule has 0 atom stereocenters. The second kappa shape index (κ2) is 29.8. The summed E-state index contributed by atoms with van der Waals surface area (Å²) in [5, 5.41) is 2.48. The average Bonchev–Trinajstić information content (AvgIpc) is 1.59. The van der Waals surface area contributed by atoms with Gasteiger partial charge in [-0.2, -0.15) is 0 Å². The van der Waals surface area contributed by atoms with Crippen molar-refractivity contribution in [3.63, 3.8) is 0 Å². The lowest BCUT2D eigenvalue weighted by molar-refractivity contribution is 0.660. The Bertz CT molecular complexity index is 6680. The van der Waals surface area contributed by atoms with E-state index in [4.69, 9.17) is 0 Å². The molecule has 0 saturated carbocycles. The van der Waals surface area contributed by atoms with Gasteiger partial charge in [-0.15, -0.1) is 0 Å². The second-order valence-electron chi connectivity index (χ2n) is 30.5. The maximum Gasteiger partial charge on any atom is 0.0541 e. The minimum atomic E-state index is -0.152. The van der Waals surface area contributed by atoms with Crippen LogP contribution < -0.4 is 14.7 Å². The lowest BCUT2D eigenvalue weighted by Gasteiger charge is -2.28. The molecule has 20 rings (SSSR count). The monoisotopic (exact) mass is 1470 g/mol. The van der Waals surface area contributed by atoms with Gasteiger partial charge in [0.05, 0.1) is 11.0 Å². The first kappa shape index (κ1) is 69.4. The molecule has 0 saturated heterocycles. The topological polar surface area (TPSA) is 14.7 Å². The van der Waals surface area contributed by atoms with Gasteiger partial charge in [0.2, 0.25) is 0 Å². The normalized spacial score (nSPS) is 12.0. The molecular weight excluding hydrogens is 1390 g/mol. The highest BCUT2D eigenvalue weighted by atomic mass is 15.2. The third-order valence-electron chi connectivity index (χ3n) is 23.3. The lowest BCUT2D eigenvalue weighted by atomic mass is 9.82. The van der Waals surface area contributed by atoms with E-state index in [0.29, 0.717) is 0 Å². The number of hydrogen-bond donors (Lipinski definition) is 0. The molecule has 1 aromatic heterocycles. The van der Waals surface area contributed by atoms with Gasteiger partial charge >= 0.3 is 0 Å². The summed E-state index contributed by atoms with van der Waals surface area (Å²) in [4.78, 5) is 7.10. The summed E-state index contributed by atoms with van der Waals surface area (Å²) in [6.07, 6.45) is 0. The molecule has 4 heteroatoms. The Balaban J connectivity index is 0.555. The Morgan fingerprint density at radius 1 is 0.174 bits per heavy atom. The molecular formula is C111H80N4. The lowest BCUT2D eigenvalue weighted by Crippen LogP contribution is -2.16. The van der Waals surface area contributed by atoms with Crippen LogP contribution in [-0.4, -0.2) is 4.57 Å². The fourth-order valence-electron chi connectivity index (χ4n) is 17.2. The summed E-state index contributed by atoms with van der Waals surface area (Å²) in [5.41, 5.74) is 37.3. The van der Waals surface area contributed by atoms with E-state index in [2.05, 4.69) is 482 Å². The van der Waals surface area contributed by atoms with Crippen LogP contribution in [-0.2, 0) is 5.41 Å². The zero-order valence-corrected chi connectivity index (χ0v) is 64.0. The van der Waals surface area contributed by atoms with Gasteiger partial charge in [0.25, 0.3) is 0 Å². The maximum atomic E-state index is 2.42. The zero-order valence-electron chi connectivity index (χ0n) is 64.0. The van der Waals surface area contributed by atoms with E-state index in [0.717, 1.165) is 101 Å². The van der Waals surface area contributed by atoms with Crippen molar-refractivity contribution in [2.24, 2.45) is 0 Å². The third kappa shape index (κ3) is 13.3. The first-order valence-electron chi connectivity index (χ1n) is 39.7. The van der Waals surface area contributed by atoms with Gasteiger partial charge in [-0.25, -0.2) is 0 Å². The number of aromatic nitrogens is 1. The van der Waals surface area contributed by atoms with Gasteiger partial charge in [-0.05, 0) is 257 Å². The first-order chi connectivity index (χ1) is 56.7. The van der Waals surface area contributed by atoms with Crippen LogP contribution in [0.15, 0.2) is 449 Å². The van der Waals surface area contributed by atoms with E-state index < -0.39 is 0 Å². The molecule has 4 nitrogen and oxygen atoms in total. The Hall–Kier alpha value is -14.8. The number of benzene rings is 18. The summed E-state index contributed by atoms with van der Waals surface area (Å²) >= 11 is 0. The van der Waals surface area contributed by atoms with Crippen LogP contribution in [0, 0.1) is 0 Å². The number of rotatable bonds is 18. The van der Waals surface area contributed by atoms with Gasteiger partial charge in [0.1, 0.15) is 0 Å². The molecule has 0 fully saturated rings. The van der Waals surface area contributed by atoms with E-state index in [9.17, 15) is 0 Å². The first-order valence-corrected chi connectivity index (χ1v) is 39.7. The van der Waals surface area contributed by atoms with Crippen molar-refractivity contribution in [2.45, 2.75) is 19.3 Å². The molecule has 1 heterocycles. The second-order valence-corrected chi connectivity index (χ2v) is 30.5. The number of hydrogen-bond acceptors (Lipinski definition) is 3. The van der Waals surface area contributed by atoms with E-state index in [-0.39, 0.29) is 5.41 Å². The summed E-state index contributed by atoms with van der Waals surface area (Å²) in [5.74, 6) is 0. The highest BCUT2D eigenvalue weighted by molar-refractivity contribution is 6.10. The Kier molecular flexibility index (Phi) is 18.0. The van der Waals surface area contributed by atoms with Crippen LogP contribution in [0.25, 0.3) is 128 Å². The molecule has 1 aliphatic carbocycles. The molecule has 18 aromatic carbocycles. The van der Waals surface area contributed by atoms with Crippen LogP contribution in [0.4, 0.5) is 51.2 Å². The summed E-state index contributed by atoms with van der Waals surface area (Å²) in [6, 6.07) is 164. The van der Waals surface area contributed by atoms with Crippen molar-refractivity contribution in [3.05, 3.63) is 460 Å². The predicted octanol–water partition coefficient (Wildman–Crippen LogP) is 30.8. The van der Waals surface area contributed by atoms with Crippen LogP contribution in [0.3, 0.4) is 0 Å². The standard InChI is InChI=1S/C111H80N4/c1-111(2)107-32-17-15-30-103(107)104-72-71-102(76-108(104)111)114(101-69-54-89(55-70-101)92-56-73-110-106(75-92)105-31-16-18-33-109(105)115(110)94-28-13-6-14-29-94)100-65-50-84(51-66-100)81-38-40-87(41-39-81)90-24-19-25-91(74-90)88-52-67-99(68-53-88)113(97-57-42-82(43-58-97)78-22-9-4-10-23-78)98-63-48-86(49-64-98)85-46-61-96(62-47-85)112(93-26-11-5-12-27-93)95-59-44-83(45-60-95)80-36-34-79(35-37-80)77-20-7-3-8-21-77/h3-76H,1-2H3. The summed E-state index contributed by atoms with van der Waals surface area (Å²) < 4.78 is 2.38. The molecule has 0 spiro atoms. The quantitative estimate of drug-likeness (QED) is 0.0851. The molecule has 115 heavy (non-hydrogen) atoms. The Labute approximate surface area is 672 Å². The Morgan fingerprint density at radius 3 is 0.861 bits per heavy atom. The summed E-state index contributed by atoms with van der Waals surface area (Å²) in [7, 11) is 0. The predicted molar refractivity (Wildman–Crippen MR) is 486 cm³/mol. The van der Waals surface area contributed by atoms with Crippen molar-refractivity contribution in [1.29, 1.82) is 0 Å². The smallest absolute Gasteiger partial charge is 0.0541 e. The maximum absolute atomic E-state index is 2.42. The summed E-state index contributed by atoms with van der Waals surface area (Å²) in [6.45, 7) is 4.72. The molecule has 1 aliphatic rings. The number of fused-ring (bicyclic) bond motifs is 6. The van der Waals surface area contributed by atoms with E-state index in [1.54, 1.807) is 0 Å². The van der Waals surface area contributed by atoms with Gasteiger partial charge in [0, 0.05) is 73.1 Å². The van der Waals surface area contributed by atoms with E-state index in [1.807, 2.05) is 0 Å². The molecule has 544 valence electrons. The van der Waals surface area contributed by atoms with E-state index in [1.165, 1.54) is 88.6 Å². The molecule has 0 radical (unpaired) electrons. The Morgan fingerprint density at radius 2 is 0.443 bits per heavy atom. The third-order valence-corrected chi connectivity index (χ3v) is 23.3. The fraction of sp³-hybridized carbons (Fsp3) is 0.0270. The average molecular weight is 1470 g/mol. The van der Waals surface area contributed by atoms with Crippen LogP contribution in [0.1, 0.15) is 25.0 Å². The minimum absolute atomic E-state index is 0.152. The fourth-order valence-corrected chi connectivity index (χ4v) is 17.2. The van der Waals surface area contributed by atoms with Crippen LogP contribution in [0.2, 0.25) is 0 Å². The van der Waals surface area contributed by atoms with Crippen molar-refractivity contribution in [3.8, 4) is 106 Å². The molecule has 19 aromatic rings. The molecule has 0 unspecified atom stereocenters. The number of nitrogens with zero attached hydrogens (tertiary/aromatic N) is 4. The van der Waals surface area contributed by atoms with Crippen molar-refractivity contribution < 1.29 is 0 Å². The van der Waals surface area contributed by atoms with Crippen LogP contribution in [0.5, 0.6) is 0 Å². The van der Waals surface area contributed by atoms with Gasteiger partial charge in [-0.1, -0.05) is 317 Å². The molecule has 0 N–H and O–H groups in total. The van der Waals surface area contributed by atoms with E-state index >= 15 is 0 Å². The molecule has 0 aliphatic heterocycles. The van der Waals surface area contributed by atoms with Gasteiger partial charge in [0.15, 0.2) is 0 Å². The molecule has 0 amide bonds. The van der Waals surface area contributed by atoms with Crippen molar-refractivity contribution >= 4 is 73.0 Å². The zero-order chi connectivity index (χ0) is 76.8. The van der Waals surface area contributed by atoms with Crippen molar-refractivity contribution in [2.75, 3.05) is 14.7 Å². The highest BCUT2D eigenvalue weighted by Gasteiger charge is 2.36. The minimum Gasteiger partial charge on any atom is -0.311 e. The van der Waals surface area contributed by atoms with Crippen LogP contribution >= 0.6 is 0 Å². The number of para-hydroxylation sites is 3. The van der Waals surface area contributed by atoms with Gasteiger partial charge in [-0.3, -0.25) is 0 Å². The molecule has 0 bridgehead atoms. The highest BCUT2D eigenvalue weighted by Crippen LogP contribution is 2.52. The number of anilines is 9. The van der Waals surface area contributed by atoms with Crippen molar-refractivity contribution in [1.82, 2.24) is 4.57 Å². The van der Waals surface area contributed by atoms with Gasteiger partial charge < -0.3 is 19.3 Å².